The van der Waals surface area contributed by atoms with Crippen LogP contribution in [0.25, 0.3) is 0 Å². The van der Waals surface area contributed by atoms with E-state index in [0.29, 0.717) is 37.9 Å². The summed E-state index contributed by atoms with van der Waals surface area (Å²) in [5.74, 6) is 7.04. The number of unbranched alkanes of at least 4 members (excludes halogenated alkanes) is 45. The summed E-state index contributed by atoms with van der Waals surface area (Å²) in [7, 11) is 0. The first kappa shape index (κ1) is 72.5. The van der Waals surface area contributed by atoms with Crippen LogP contribution in [-0.4, -0.2) is 69.3 Å². The summed E-state index contributed by atoms with van der Waals surface area (Å²) >= 11 is 6.16. The van der Waals surface area contributed by atoms with Crippen molar-refractivity contribution in [1.82, 2.24) is 15.0 Å². The lowest BCUT2D eigenvalue weighted by Gasteiger charge is -2.10. The molecular weight excluding hydrogens is 979 g/mol. The van der Waals surface area contributed by atoms with Gasteiger partial charge in [-0.15, -0.1) is 15.0 Å². The number of ether oxygens (including phenoxy) is 3. The molecule has 1 rings (SSSR count). The van der Waals surface area contributed by atoms with E-state index in [-0.39, 0.29) is 0 Å². The largest absolute Gasteiger partial charge is 0.463 e. The van der Waals surface area contributed by atoms with E-state index in [0.717, 1.165) is 36.5 Å². The van der Waals surface area contributed by atoms with Crippen molar-refractivity contribution in [3.8, 4) is 18.0 Å². The molecule has 1 aromatic heterocycles. The third kappa shape index (κ3) is 57.9. The average Bonchev–Trinajstić information content (AvgIpc) is 3.42. The minimum absolute atomic E-state index is 0.327. The molecule has 0 fully saturated rings. The summed E-state index contributed by atoms with van der Waals surface area (Å²) in [6.07, 6.45) is 71.2. The molecule has 0 saturated carbocycles. The van der Waals surface area contributed by atoms with Crippen LogP contribution in [0.4, 0.5) is 0 Å². The van der Waals surface area contributed by atoms with Gasteiger partial charge >= 0.3 is 18.0 Å². The fourth-order valence-corrected chi connectivity index (χ4v) is 12.9. The van der Waals surface area contributed by atoms with Crippen molar-refractivity contribution >= 4 is 35.3 Å². The van der Waals surface area contributed by atoms with Crippen molar-refractivity contribution in [2.24, 2.45) is 0 Å². The minimum atomic E-state index is 0.327. The molecule has 0 amide bonds. The highest BCUT2D eigenvalue weighted by atomic mass is 32.2. The standard InChI is InChI=1S/C66H129N3O3S3/c1-4-7-10-13-16-19-22-25-28-31-34-37-40-43-46-49-58-73-61-52-55-70-64-67-65(71-56-53-62-74-59-50-47-44-41-38-35-32-29-26-23-20-17-14-11-8-5-2)69-66(68-64)72-57-54-63-75-60-51-48-45-42-39-36-33-30-27-24-21-18-15-12-9-6-3/h4-63H2,1-3H3. The van der Waals surface area contributed by atoms with Gasteiger partial charge in [-0.05, 0) is 73.0 Å². The first-order chi connectivity index (χ1) is 37.3. The number of rotatable bonds is 66. The summed E-state index contributed by atoms with van der Waals surface area (Å²) in [4.78, 5) is 13.7. The predicted octanol–water partition coefficient (Wildman–Crippen LogP) is 23.2. The molecule has 0 aliphatic rings. The maximum Gasteiger partial charge on any atom is 0.325 e. The molecule has 6 nitrogen and oxygen atoms in total. The summed E-state index contributed by atoms with van der Waals surface area (Å²) in [6, 6.07) is 0.982. The van der Waals surface area contributed by atoms with Crippen LogP contribution in [0.3, 0.4) is 0 Å². The Balaban J connectivity index is 2.22. The van der Waals surface area contributed by atoms with Gasteiger partial charge in [0.15, 0.2) is 0 Å². The number of hydrogen-bond donors (Lipinski definition) is 0. The lowest BCUT2D eigenvalue weighted by atomic mass is 10.0. The molecule has 0 N–H and O–H groups in total. The topological polar surface area (TPSA) is 66.4 Å². The Morgan fingerprint density at radius 2 is 0.347 bits per heavy atom. The van der Waals surface area contributed by atoms with Crippen LogP contribution >= 0.6 is 35.3 Å². The highest BCUT2D eigenvalue weighted by Crippen LogP contribution is 2.21. The van der Waals surface area contributed by atoms with E-state index in [1.54, 1.807) is 0 Å². The molecule has 0 saturated heterocycles. The maximum absolute atomic E-state index is 6.08. The van der Waals surface area contributed by atoms with Crippen molar-refractivity contribution in [2.45, 2.75) is 348 Å². The lowest BCUT2D eigenvalue weighted by molar-refractivity contribution is 0.236. The second kappa shape index (κ2) is 64.3. The molecule has 0 unspecified atom stereocenters. The highest BCUT2D eigenvalue weighted by Gasteiger charge is 2.11. The number of aromatic nitrogens is 3. The zero-order chi connectivity index (χ0) is 53.5. The number of hydrogen-bond acceptors (Lipinski definition) is 9. The van der Waals surface area contributed by atoms with Gasteiger partial charge in [-0.1, -0.05) is 310 Å². The zero-order valence-corrected chi connectivity index (χ0v) is 53.2. The number of nitrogens with zero attached hydrogens (tertiary/aromatic N) is 3. The van der Waals surface area contributed by atoms with Crippen LogP contribution in [-0.2, 0) is 0 Å². The van der Waals surface area contributed by atoms with Crippen LogP contribution < -0.4 is 14.2 Å². The molecule has 0 bridgehead atoms. The molecule has 0 aromatic carbocycles. The van der Waals surface area contributed by atoms with Gasteiger partial charge < -0.3 is 14.2 Å². The zero-order valence-electron chi connectivity index (χ0n) is 50.7. The molecular formula is C66H129N3O3S3. The SMILES string of the molecule is CCCCCCCCCCCCCCCCCCSCCCOc1nc(OCCCSCCCCCCCCCCCCCCCCCC)nc(OCCCSCCCCCCCCCCCCCCCCCC)n1. The second-order valence-electron chi connectivity index (χ2n) is 22.5. The Kier molecular flexibility index (Phi) is 62.1. The molecule has 0 spiro atoms. The van der Waals surface area contributed by atoms with Crippen molar-refractivity contribution in [2.75, 3.05) is 54.3 Å². The minimum Gasteiger partial charge on any atom is -0.463 e. The van der Waals surface area contributed by atoms with Gasteiger partial charge in [0.2, 0.25) is 0 Å². The Labute approximate surface area is 482 Å². The summed E-state index contributed by atoms with van der Waals surface area (Å²) < 4.78 is 18.2. The highest BCUT2D eigenvalue weighted by molar-refractivity contribution is 7.99. The first-order valence-electron chi connectivity index (χ1n) is 33.7. The molecule has 1 aromatic rings. The van der Waals surface area contributed by atoms with Crippen LogP contribution in [0.15, 0.2) is 0 Å². The fraction of sp³-hybridized carbons (Fsp3) is 0.955. The van der Waals surface area contributed by atoms with Gasteiger partial charge in [-0.25, -0.2) is 0 Å². The average molecular weight is 1110 g/mol. The molecule has 0 atom stereocenters. The van der Waals surface area contributed by atoms with Gasteiger partial charge in [0.05, 0.1) is 19.8 Å². The third-order valence-electron chi connectivity index (χ3n) is 15.0. The fourth-order valence-electron chi connectivity index (χ4n) is 10.1. The van der Waals surface area contributed by atoms with Gasteiger partial charge in [-0.2, -0.15) is 35.3 Å². The quantitative estimate of drug-likeness (QED) is 0.0594. The molecule has 75 heavy (non-hydrogen) atoms. The van der Waals surface area contributed by atoms with E-state index in [4.69, 9.17) is 14.2 Å². The van der Waals surface area contributed by atoms with E-state index in [1.807, 2.05) is 0 Å². The van der Waals surface area contributed by atoms with Crippen LogP contribution in [0, 0.1) is 0 Å². The van der Waals surface area contributed by atoms with E-state index >= 15 is 0 Å². The first-order valence-corrected chi connectivity index (χ1v) is 37.1. The number of thioether (sulfide) groups is 3. The lowest BCUT2D eigenvalue weighted by Crippen LogP contribution is -2.10. The predicted molar refractivity (Wildman–Crippen MR) is 341 cm³/mol. The van der Waals surface area contributed by atoms with E-state index < -0.39 is 0 Å². The van der Waals surface area contributed by atoms with Crippen molar-refractivity contribution in [3.05, 3.63) is 0 Å². The Morgan fingerprint density at radius 1 is 0.200 bits per heavy atom. The molecule has 0 aliphatic heterocycles. The van der Waals surface area contributed by atoms with Gasteiger partial charge in [0.1, 0.15) is 0 Å². The summed E-state index contributed by atoms with van der Waals surface area (Å²) in [5.41, 5.74) is 0. The van der Waals surface area contributed by atoms with Gasteiger partial charge in [0, 0.05) is 0 Å². The van der Waals surface area contributed by atoms with E-state index in [1.165, 1.54) is 325 Å². The van der Waals surface area contributed by atoms with Crippen molar-refractivity contribution < 1.29 is 14.2 Å². The van der Waals surface area contributed by atoms with Crippen LogP contribution in [0.2, 0.25) is 0 Å². The molecule has 9 heteroatoms. The third-order valence-corrected chi connectivity index (χ3v) is 18.5. The summed E-state index contributed by atoms with van der Waals surface area (Å²) in [5, 5.41) is 0. The Hall–Kier alpha value is -0.540. The van der Waals surface area contributed by atoms with Crippen LogP contribution in [0.1, 0.15) is 348 Å². The van der Waals surface area contributed by atoms with Gasteiger partial charge in [-0.3, -0.25) is 0 Å². The van der Waals surface area contributed by atoms with Gasteiger partial charge in [0.25, 0.3) is 0 Å². The van der Waals surface area contributed by atoms with E-state index in [2.05, 4.69) is 71.0 Å². The molecule has 1 heterocycles. The smallest absolute Gasteiger partial charge is 0.325 e. The Morgan fingerprint density at radius 3 is 0.520 bits per heavy atom. The molecule has 0 radical (unpaired) electrons. The normalized spacial score (nSPS) is 11.6. The summed E-state index contributed by atoms with van der Waals surface area (Å²) in [6.45, 7) is 8.71. The molecule has 444 valence electrons. The van der Waals surface area contributed by atoms with Crippen LogP contribution in [0.5, 0.6) is 18.0 Å². The van der Waals surface area contributed by atoms with Crippen molar-refractivity contribution in [3.63, 3.8) is 0 Å². The molecule has 0 aliphatic carbocycles. The van der Waals surface area contributed by atoms with Crippen molar-refractivity contribution in [1.29, 1.82) is 0 Å². The van der Waals surface area contributed by atoms with E-state index in [9.17, 15) is 0 Å². The Bertz CT molecular complexity index is 1060. The monoisotopic (exact) mass is 1110 g/mol. The maximum atomic E-state index is 6.08. The second-order valence-corrected chi connectivity index (χ2v) is 26.2.